The van der Waals surface area contributed by atoms with Gasteiger partial charge in [-0.05, 0) is 44.9 Å². The molecule has 1 fully saturated rings. The molecule has 7 N–H and O–H groups in total. The van der Waals surface area contributed by atoms with Crippen LogP contribution in [0, 0.1) is 0 Å². The quantitative estimate of drug-likeness (QED) is 0.0179. The van der Waals surface area contributed by atoms with E-state index in [-0.39, 0.29) is 6.42 Å². The van der Waals surface area contributed by atoms with Crippen molar-refractivity contribution in [3.63, 3.8) is 0 Å². The predicted octanol–water partition coefficient (Wildman–Crippen LogP) is 7.91. The molecule has 0 aliphatic carbocycles. The van der Waals surface area contributed by atoms with Gasteiger partial charge in [0.05, 0.1) is 25.4 Å². The van der Waals surface area contributed by atoms with E-state index in [0.717, 1.165) is 57.8 Å². The number of amides is 1. The van der Waals surface area contributed by atoms with Gasteiger partial charge in [0.2, 0.25) is 5.91 Å². The average Bonchev–Trinajstić information content (AvgIpc) is 3.20. The van der Waals surface area contributed by atoms with Crippen LogP contribution in [0.25, 0.3) is 0 Å². The van der Waals surface area contributed by atoms with Gasteiger partial charge in [0.1, 0.15) is 30.5 Å². The standard InChI is InChI=1S/C45H85NO12S/c1-3-5-7-9-11-13-15-16-17-18-19-20-21-22-23-24-26-28-30-32-34-39(49)44(52)46-37(38(48)33-31-29-27-25-14-12-10-8-6-4-2)36-56-45-42(51)43(58-59(53,54)55)41(50)40(35-47)57-45/h20-21,31,33,37-43,45,47-51H,3-19,22-30,32,34-36H2,1-2H3,(H,46,52)(H,53,54,55)/b21-20-,33-31+. The summed E-state index contributed by atoms with van der Waals surface area (Å²) >= 11 is 0. The van der Waals surface area contributed by atoms with Crippen LogP contribution in [-0.4, -0.2) is 107 Å². The van der Waals surface area contributed by atoms with Gasteiger partial charge in [-0.25, -0.2) is 4.18 Å². The Bertz CT molecular complexity index is 1170. The first-order valence-corrected chi connectivity index (χ1v) is 24.7. The lowest BCUT2D eigenvalue weighted by Crippen LogP contribution is -2.61. The van der Waals surface area contributed by atoms with Crippen LogP contribution in [0.15, 0.2) is 24.3 Å². The van der Waals surface area contributed by atoms with Crippen molar-refractivity contribution in [2.24, 2.45) is 0 Å². The average molecular weight is 864 g/mol. The molecule has 1 saturated heterocycles. The number of rotatable bonds is 39. The summed E-state index contributed by atoms with van der Waals surface area (Å²) in [6.45, 7) is 3.18. The van der Waals surface area contributed by atoms with Crippen molar-refractivity contribution in [1.29, 1.82) is 0 Å². The van der Waals surface area contributed by atoms with Crippen LogP contribution in [0.5, 0.6) is 0 Å². The molecule has 0 aromatic heterocycles. The Labute approximate surface area is 357 Å². The van der Waals surface area contributed by atoms with Crippen LogP contribution < -0.4 is 5.32 Å². The van der Waals surface area contributed by atoms with E-state index in [1.54, 1.807) is 0 Å². The van der Waals surface area contributed by atoms with Crippen molar-refractivity contribution in [3.8, 4) is 0 Å². The summed E-state index contributed by atoms with van der Waals surface area (Å²) in [5, 5.41) is 55.1. The smallest absolute Gasteiger partial charge is 0.394 e. The molecule has 1 aliphatic rings. The molecule has 1 rings (SSSR count). The number of ether oxygens (including phenoxy) is 2. The SMILES string of the molecule is CCCCCCCCCC/C=C/C(O)C(COC1OC(CO)C(O)C(OS(=O)(=O)O)C1O)NC(=O)C(O)CCCCCCCC/C=C\CCCCCCCCCCCC. The van der Waals surface area contributed by atoms with Crippen molar-refractivity contribution in [1.82, 2.24) is 5.32 Å². The monoisotopic (exact) mass is 864 g/mol. The van der Waals surface area contributed by atoms with E-state index in [4.69, 9.17) is 14.0 Å². The molecular formula is C45H85NO12S. The van der Waals surface area contributed by atoms with Gasteiger partial charge < -0.3 is 40.3 Å². The molecule has 0 aromatic carbocycles. The third kappa shape index (κ3) is 28.7. The molecule has 1 aliphatic heterocycles. The van der Waals surface area contributed by atoms with E-state index in [1.165, 1.54) is 109 Å². The summed E-state index contributed by atoms with van der Waals surface area (Å²) in [5.74, 6) is -0.708. The minimum atomic E-state index is -5.11. The molecule has 0 bridgehead atoms. The number of unbranched alkanes of at least 4 members (excludes halogenated alkanes) is 24. The van der Waals surface area contributed by atoms with Crippen LogP contribution in [0.3, 0.4) is 0 Å². The van der Waals surface area contributed by atoms with Crippen LogP contribution in [0.2, 0.25) is 0 Å². The lowest BCUT2D eigenvalue weighted by atomic mass is 9.99. The highest BCUT2D eigenvalue weighted by Crippen LogP contribution is 2.26. The van der Waals surface area contributed by atoms with E-state index >= 15 is 0 Å². The minimum Gasteiger partial charge on any atom is -0.394 e. The number of carbonyl (C=O) groups excluding carboxylic acids is 1. The van der Waals surface area contributed by atoms with Crippen LogP contribution in [0.1, 0.15) is 194 Å². The lowest BCUT2D eigenvalue weighted by molar-refractivity contribution is -0.298. The Morgan fingerprint density at radius 3 is 1.58 bits per heavy atom. The van der Waals surface area contributed by atoms with Crippen molar-refractivity contribution >= 4 is 16.3 Å². The third-order valence-electron chi connectivity index (χ3n) is 11.1. The van der Waals surface area contributed by atoms with E-state index in [0.29, 0.717) is 12.8 Å². The Hall–Kier alpha value is -1.46. The van der Waals surface area contributed by atoms with Crippen LogP contribution in [0.4, 0.5) is 0 Å². The number of aliphatic hydroxyl groups is 5. The number of hydrogen-bond donors (Lipinski definition) is 7. The lowest BCUT2D eigenvalue weighted by Gasteiger charge is -2.41. The van der Waals surface area contributed by atoms with Crippen LogP contribution in [-0.2, 0) is 28.9 Å². The first-order chi connectivity index (χ1) is 28.4. The largest absolute Gasteiger partial charge is 0.397 e. The topological polar surface area (TPSA) is 212 Å². The fourth-order valence-corrected chi connectivity index (χ4v) is 7.85. The van der Waals surface area contributed by atoms with Crippen molar-refractivity contribution in [2.75, 3.05) is 13.2 Å². The molecule has 1 heterocycles. The van der Waals surface area contributed by atoms with Crippen molar-refractivity contribution < 1.29 is 57.0 Å². The fourth-order valence-electron chi connectivity index (χ4n) is 7.34. The molecular weight excluding hydrogens is 779 g/mol. The summed E-state index contributed by atoms with van der Waals surface area (Å²) in [6, 6.07) is -1.12. The molecule has 8 atom stereocenters. The second-order valence-electron chi connectivity index (χ2n) is 16.5. The van der Waals surface area contributed by atoms with Crippen molar-refractivity contribution in [2.45, 2.75) is 243 Å². The molecule has 14 heteroatoms. The molecule has 0 aromatic rings. The summed E-state index contributed by atoms with van der Waals surface area (Å²) in [6.07, 6.45) is 28.5. The maximum Gasteiger partial charge on any atom is 0.397 e. The Morgan fingerprint density at radius 2 is 1.12 bits per heavy atom. The molecule has 0 saturated carbocycles. The number of nitrogens with one attached hydrogen (secondary N) is 1. The van der Waals surface area contributed by atoms with Gasteiger partial charge in [0.15, 0.2) is 6.29 Å². The van der Waals surface area contributed by atoms with Gasteiger partial charge >= 0.3 is 10.4 Å². The van der Waals surface area contributed by atoms with Gasteiger partial charge in [-0.2, -0.15) is 8.42 Å². The highest BCUT2D eigenvalue weighted by molar-refractivity contribution is 7.80. The summed E-state index contributed by atoms with van der Waals surface area (Å²) < 4.78 is 47.4. The molecule has 348 valence electrons. The summed E-state index contributed by atoms with van der Waals surface area (Å²) in [4.78, 5) is 13.1. The highest BCUT2D eigenvalue weighted by atomic mass is 32.3. The maximum atomic E-state index is 13.1. The zero-order chi connectivity index (χ0) is 43.6. The van der Waals surface area contributed by atoms with E-state index in [9.17, 15) is 38.7 Å². The Kier molecular flexibility index (Phi) is 34.0. The highest BCUT2D eigenvalue weighted by Gasteiger charge is 2.48. The molecule has 1 amide bonds. The van der Waals surface area contributed by atoms with Gasteiger partial charge in [0, 0.05) is 0 Å². The van der Waals surface area contributed by atoms with Gasteiger partial charge in [0.25, 0.3) is 0 Å². The Balaban J connectivity index is 2.51. The molecule has 0 radical (unpaired) electrons. The normalized spacial score (nSPS) is 21.7. The zero-order valence-electron chi connectivity index (χ0n) is 36.7. The number of aliphatic hydroxyl groups excluding tert-OH is 5. The predicted molar refractivity (Wildman–Crippen MR) is 233 cm³/mol. The molecule has 59 heavy (non-hydrogen) atoms. The van der Waals surface area contributed by atoms with Crippen molar-refractivity contribution in [3.05, 3.63) is 24.3 Å². The molecule has 0 spiro atoms. The maximum absolute atomic E-state index is 13.1. The zero-order valence-corrected chi connectivity index (χ0v) is 37.5. The second kappa shape index (κ2) is 36.1. The van der Waals surface area contributed by atoms with Gasteiger partial charge in [-0.3, -0.25) is 9.35 Å². The number of allylic oxidation sites excluding steroid dienone is 3. The van der Waals surface area contributed by atoms with E-state index in [1.807, 2.05) is 6.08 Å². The summed E-state index contributed by atoms with van der Waals surface area (Å²) in [7, 11) is -5.11. The Morgan fingerprint density at radius 1 is 0.678 bits per heavy atom. The number of hydrogen-bond acceptors (Lipinski definition) is 11. The molecule has 13 nitrogen and oxygen atoms in total. The first kappa shape index (κ1) is 55.6. The van der Waals surface area contributed by atoms with Gasteiger partial charge in [-0.15, -0.1) is 0 Å². The van der Waals surface area contributed by atoms with Gasteiger partial charge in [-0.1, -0.05) is 173 Å². The van der Waals surface area contributed by atoms with E-state index in [2.05, 4.69) is 35.5 Å². The number of carbonyl (C=O) groups is 1. The summed E-state index contributed by atoms with van der Waals surface area (Å²) in [5.41, 5.74) is 0. The molecule has 8 unspecified atom stereocenters. The second-order valence-corrected chi connectivity index (χ2v) is 17.5. The third-order valence-corrected chi connectivity index (χ3v) is 11.5. The first-order valence-electron chi connectivity index (χ1n) is 23.3. The van der Waals surface area contributed by atoms with Crippen LogP contribution >= 0.6 is 0 Å². The minimum absolute atomic E-state index is 0.237. The fraction of sp³-hybridized carbons (Fsp3) is 0.889. The van der Waals surface area contributed by atoms with E-state index < -0.39 is 78.5 Å².